The van der Waals surface area contributed by atoms with E-state index in [9.17, 15) is 17.6 Å². The number of sulfonamides is 1. The average molecular weight is 383 g/mol. The minimum Gasteiger partial charge on any atom is -0.494 e. The van der Waals surface area contributed by atoms with Crippen LogP contribution in [0.4, 0.5) is 4.39 Å². The molecule has 3 rings (SSSR count). The van der Waals surface area contributed by atoms with Crippen LogP contribution in [0.2, 0.25) is 0 Å². The first-order valence-corrected chi connectivity index (χ1v) is 10.4. The number of carbonyl (C=O) groups excluding carboxylic acids is 1. The summed E-state index contributed by atoms with van der Waals surface area (Å²) in [6.07, 6.45) is 2.02. The third kappa shape index (κ3) is 2.85. The maximum absolute atomic E-state index is 13.9. The predicted molar refractivity (Wildman–Crippen MR) is 96.8 cm³/mol. The quantitative estimate of drug-likeness (QED) is 0.758. The first kappa shape index (κ1) is 19.3. The van der Waals surface area contributed by atoms with E-state index in [1.54, 1.807) is 6.07 Å². The lowest BCUT2D eigenvalue weighted by atomic mass is 9.70. The highest BCUT2D eigenvalue weighted by atomic mass is 32.2. The summed E-state index contributed by atoms with van der Waals surface area (Å²) in [7, 11) is -0.802. The summed E-state index contributed by atoms with van der Waals surface area (Å²) < 4.78 is 45.9. The van der Waals surface area contributed by atoms with Crippen LogP contribution >= 0.6 is 0 Å². The molecule has 0 saturated heterocycles. The molecule has 5 nitrogen and oxygen atoms in total. The topological polar surface area (TPSA) is 63.7 Å². The molecular formula is C19H26FNO4S. The minimum atomic E-state index is -3.66. The summed E-state index contributed by atoms with van der Waals surface area (Å²) in [5.74, 6) is -0.233. The number of halogens is 1. The number of carbonyl (C=O) groups is 1. The molecule has 0 heterocycles. The predicted octanol–water partition coefficient (Wildman–Crippen LogP) is 2.99. The Morgan fingerprint density at radius 2 is 2.04 bits per heavy atom. The summed E-state index contributed by atoms with van der Waals surface area (Å²) >= 11 is 0. The second-order valence-corrected chi connectivity index (χ2v) is 10.2. The van der Waals surface area contributed by atoms with E-state index in [0.29, 0.717) is 18.4 Å². The van der Waals surface area contributed by atoms with E-state index in [1.807, 2.05) is 13.8 Å². The van der Waals surface area contributed by atoms with E-state index >= 15 is 0 Å². The lowest BCUT2D eigenvalue weighted by molar-refractivity contribution is -0.128. The van der Waals surface area contributed by atoms with Gasteiger partial charge in [0.2, 0.25) is 10.0 Å². The number of Topliss-reactive ketones (excluding diaryl/α,β-unsaturated/α-hetero) is 1. The van der Waals surface area contributed by atoms with Crippen molar-refractivity contribution in [2.75, 3.05) is 19.9 Å². The van der Waals surface area contributed by atoms with Crippen LogP contribution in [-0.2, 0) is 21.4 Å². The maximum Gasteiger partial charge on any atom is 0.215 e. The first-order chi connectivity index (χ1) is 12.0. The van der Waals surface area contributed by atoms with Crippen LogP contribution in [0.15, 0.2) is 18.2 Å². The largest absolute Gasteiger partial charge is 0.494 e. The molecule has 2 aliphatic carbocycles. The summed E-state index contributed by atoms with van der Waals surface area (Å²) in [4.78, 5) is 12.6. The second kappa shape index (κ2) is 6.30. The molecule has 2 unspecified atom stereocenters. The van der Waals surface area contributed by atoms with Gasteiger partial charge in [-0.25, -0.2) is 17.1 Å². The van der Waals surface area contributed by atoms with Gasteiger partial charge < -0.3 is 4.74 Å². The van der Waals surface area contributed by atoms with Crippen molar-refractivity contribution in [1.29, 1.82) is 0 Å². The molecule has 0 radical (unpaired) electrons. The molecule has 0 N–H and O–H groups in total. The SMILES string of the molecule is COc1ccc(CN(C)S(=O)(=O)CC23CCC(CC2=O)C3(C)C)cc1F. The average Bonchev–Trinajstić information content (AvgIpc) is 2.89. The summed E-state index contributed by atoms with van der Waals surface area (Å²) in [5, 5.41) is 0. The Morgan fingerprint density at radius 1 is 1.35 bits per heavy atom. The van der Waals surface area contributed by atoms with Crippen LogP contribution in [-0.4, -0.2) is 38.4 Å². The number of ketones is 1. The monoisotopic (exact) mass is 383 g/mol. The third-order valence-electron chi connectivity index (χ3n) is 6.66. The van der Waals surface area contributed by atoms with Crippen molar-refractivity contribution in [2.24, 2.45) is 16.7 Å². The van der Waals surface area contributed by atoms with Gasteiger partial charge in [0, 0.05) is 25.4 Å². The van der Waals surface area contributed by atoms with Crippen molar-refractivity contribution < 1.29 is 22.3 Å². The fourth-order valence-corrected chi connectivity index (χ4v) is 6.56. The van der Waals surface area contributed by atoms with E-state index in [0.717, 1.165) is 6.42 Å². The van der Waals surface area contributed by atoms with Gasteiger partial charge in [-0.2, -0.15) is 0 Å². The Morgan fingerprint density at radius 3 is 2.54 bits per heavy atom. The molecule has 2 saturated carbocycles. The van der Waals surface area contributed by atoms with Crippen LogP contribution in [0.5, 0.6) is 5.75 Å². The van der Waals surface area contributed by atoms with Gasteiger partial charge in [-0.15, -0.1) is 0 Å². The van der Waals surface area contributed by atoms with Gasteiger partial charge in [0.1, 0.15) is 5.78 Å². The van der Waals surface area contributed by atoms with E-state index in [2.05, 4.69) is 0 Å². The maximum atomic E-state index is 13.9. The highest BCUT2D eigenvalue weighted by molar-refractivity contribution is 7.89. The van der Waals surface area contributed by atoms with Gasteiger partial charge in [0.25, 0.3) is 0 Å². The normalized spacial score (nSPS) is 27.3. The van der Waals surface area contributed by atoms with Gasteiger partial charge in [0.05, 0.1) is 12.9 Å². The molecule has 0 amide bonds. The van der Waals surface area contributed by atoms with Crippen molar-refractivity contribution in [3.05, 3.63) is 29.6 Å². The van der Waals surface area contributed by atoms with Crippen molar-refractivity contribution in [2.45, 2.75) is 39.7 Å². The molecule has 2 fully saturated rings. The van der Waals surface area contributed by atoms with Gasteiger partial charge in [-0.05, 0) is 41.9 Å². The summed E-state index contributed by atoms with van der Waals surface area (Å²) in [6.45, 7) is 4.09. The highest BCUT2D eigenvalue weighted by Crippen LogP contribution is 2.64. The van der Waals surface area contributed by atoms with Crippen LogP contribution in [0.3, 0.4) is 0 Å². The molecular weight excluding hydrogens is 357 g/mol. The minimum absolute atomic E-state index is 0.0530. The Bertz CT molecular complexity index is 836. The molecule has 2 atom stereocenters. The molecule has 2 aliphatic rings. The standard InChI is InChI=1S/C19H26FNO4S/c1-18(2)14-7-8-19(18,17(22)10-14)12-26(23,24)21(3)11-13-5-6-16(25-4)15(20)9-13/h5-6,9,14H,7-8,10-12H2,1-4H3. The Labute approximate surface area is 154 Å². The van der Waals surface area contributed by atoms with Crippen LogP contribution in [0.25, 0.3) is 0 Å². The Balaban J connectivity index is 1.80. The zero-order chi connectivity index (χ0) is 19.3. The first-order valence-electron chi connectivity index (χ1n) is 8.83. The number of methoxy groups -OCH3 is 1. The van der Waals surface area contributed by atoms with Gasteiger partial charge in [-0.3, -0.25) is 4.79 Å². The van der Waals surface area contributed by atoms with Crippen LogP contribution in [0, 0.1) is 22.6 Å². The Hall–Kier alpha value is -1.47. The van der Waals surface area contributed by atoms with Gasteiger partial charge in [-0.1, -0.05) is 19.9 Å². The molecule has 7 heteroatoms. The molecule has 1 aromatic carbocycles. The van der Waals surface area contributed by atoms with Crippen molar-refractivity contribution in [3.63, 3.8) is 0 Å². The highest BCUT2D eigenvalue weighted by Gasteiger charge is 2.65. The molecule has 0 aromatic heterocycles. The van der Waals surface area contributed by atoms with Crippen LogP contribution in [0.1, 0.15) is 38.7 Å². The lowest BCUT2D eigenvalue weighted by Gasteiger charge is -2.37. The zero-order valence-electron chi connectivity index (χ0n) is 15.7. The fraction of sp³-hybridized carbons (Fsp3) is 0.632. The van der Waals surface area contributed by atoms with Gasteiger partial charge >= 0.3 is 0 Å². The fourth-order valence-electron chi connectivity index (χ4n) is 4.69. The van der Waals surface area contributed by atoms with Crippen molar-refractivity contribution in [3.8, 4) is 5.75 Å². The van der Waals surface area contributed by atoms with E-state index in [4.69, 9.17) is 4.74 Å². The molecule has 1 aromatic rings. The number of benzene rings is 1. The molecule has 0 spiro atoms. The zero-order valence-corrected chi connectivity index (χ0v) is 16.5. The van der Waals surface area contributed by atoms with E-state index < -0.39 is 21.3 Å². The van der Waals surface area contributed by atoms with Gasteiger partial charge in [0.15, 0.2) is 11.6 Å². The smallest absolute Gasteiger partial charge is 0.215 e. The number of ether oxygens (including phenoxy) is 1. The molecule has 0 aliphatic heterocycles. The van der Waals surface area contributed by atoms with E-state index in [1.165, 1.54) is 30.6 Å². The number of hydrogen-bond acceptors (Lipinski definition) is 4. The molecule has 2 bridgehead atoms. The second-order valence-electron chi connectivity index (χ2n) is 8.15. The molecule has 26 heavy (non-hydrogen) atoms. The number of fused-ring (bicyclic) bond motifs is 2. The number of rotatable bonds is 6. The lowest BCUT2D eigenvalue weighted by Crippen LogP contribution is -2.45. The van der Waals surface area contributed by atoms with E-state index in [-0.39, 0.29) is 35.2 Å². The van der Waals surface area contributed by atoms with Crippen molar-refractivity contribution in [1.82, 2.24) is 4.31 Å². The number of hydrogen-bond donors (Lipinski definition) is 0. The Kier molecular flexibility index (Phi) is 4.68. The number of nitrogens with zero attached hydrogens (tertiary/aromatic N) is 1. The summed E-state index contributed by atoms with van der Waals surface area (Å²) in [6, 6.07) is 4.40. The van der Waals surface area contributed by atoms with Crippen molar-refractivity contribution >= 4 is 15.8 Å². The third-order valence-corrected chi connectivity index (χ3v) is 8.60. The summed E-state index contributed by atoms with van der Waals surface area (Å²) in [5.41, 5.74) is -0.562. The molecule has 144 valence electrons. The van der Waals surface area contributed by atoms with Crippen LogP contribution < -0.4 is 4.74 Å².